The van der Waals surface area contributed by atoms with E-state index in [1.165, 1.54) is 6.07 Å². The molecule has 3 aromatic rings. The summed E-state index contributed by atoms with van der Waals surface area (Å²) in [4.78, 5) is 21.5. The van der Waals surface area contributed by atoms with Gasteiger partial charge in [-0.1, -0.05) is 42.8 Å². The van der Waals surface area contributed by atoms with Gasteiger partial charge in [0.1, 0.15) is 0 Å². The van der Waals surface area contributed by atoms with E-state index < -0.39 is 11.7 Å². The Kier molecular flexibility index (Phi) is 5.81. The first-order valence-corrected chi connectivity index (χ1v) is 10.5. The van der Waals surface area contributed by atoms with E-state index >= 15 is 0 Å². The van der Waals surface area contributed by atoms with Gasteiger partial charge in [-0.2, -0.15) is 13.2 Å². The largest absolute Gasteiger partial charge is 0.416 e. The lowest BCUT2D eigenvalue weighted by Gasteiger charge is -2.38. The Morgan fingerprint density at radius 3 is 2.41 bits per heavy atom. The lowest BCUT2D eigenvalue weighted by molar-refractivity contribution is -0.137. The molecule has 5 nitrogen and oxygen atoms in total. The highest BCUT2D eigenvalue weighted by Gasteiger charge is 2.33. The molecule has 1 aliphatic rings. The number of alkyl halides is 3. The Balaban J connectivity index is 1.80. The summed E-state index contributed by atoms with van der Waals surface area (Å²) < 4.78 is 41.6. The zero-order valence-corrected chi connectivity index (χ0v) is 18.3. The highest BCUT2D eigenvalue weighted by atomic mass is 19.4. The summed E-state index contributed by atoms with van der Waals surface area (Å²) in [7, 11) is 0. The summed E-state index contributed by atoms with van der Waals surface area (Å²) >= 11 is 0. The van der Waals surface area contributed by atoms with E-state index in [2.05, 4.69) is 4.98 Å². The van der Waals surface area contributed by atoms with Crippen LogP contribution < -0.4 is 10.5 Å². The van der Waals surface area contributed by atoms with Crippen molar-refractivity contribution in [3.63, 3.8) is 0 Å². The van der Waals surface area contributed by atoms with Gasteiger partial charge in [0.05, 0.1) is 18.9 Å². The molecule has 0 atom stereocenters. The number of hydrogen-bond acceptors (Lipinski definition) is 4. The molecule has 0 bridgehead atoms. The smallest absolute Gasteiger partial charge is 0.298 e. The lowest BCUT2D eigenvalue weighted by atomic mass is 10.1. The third-order valence-corrected chi connectivity index (χ3v) is 5.74. The second-order valence-electron chi connectivity index (χ2n) is 8.14. The molecule has 0 saturated carbocycles. The molecule has 1 aromatic heterocycles. The quantitative estimate of drug-likeness (QED) is 0.570. The summed E-state index contributed by atoms with van der Waals surface area (Å²) in [5, 5.41) is 0. The van der Waals surface area contributed by atoms with E-state index in [1.807, 2.05) is 43.0 Å². The summed E-state index contributed by atoms with van der Waals surface area (Å²) in [6.07, 6.45) is -3.91. The van der Waals surface area contributed by atoms with Crippen LogP contribution in [0.25, 0.3) is 0 Å². The fourth-order valence-electron chi connectivity index (χ4n) is 4.03. The van der Waals surface area contributed by atoms with Gasteiger partial charge in [-0.3, -0.25) is 19.2 Å². The summed E-state index contributed by atoms with van der Waals surface area (Å²) in [6, 6.07) is 13.2. The van der Waals surface area contributed by atoms with E-state index in [4.69, 9.17) is 0 Å². The molecule has 0 unspecified atom stereocenters. The minimum absolute atomic E-state index is 0.152. The van der Waals surface area contributed by atoms with E-state index in [0.29, 0.717) is 49.2 Å². The first-order valence-electron chi connectivity index (χ1n) is 10.5. The highest BCUT2D eigenvalue weighted by Crippen LogP contribution is 2.34. The van der Waals surface area contributed by atoms with Gasteiger partial charge < -0.3 is 0 Å². The number of hydrogen-bond donors (Lipinski definition) is 0. The van der Waals surface area contributed by atoms with Gasteiger partial charge >= 0.3 is 6.18 Å². The molecule has 8 heteroatoms. The Labute approximate surface area is 184 Å². The maximum absolute atomic E-state index is 13.4. The molecule has 0 amide bonds. The Morgan fingerprint density at radius 1 is 1.03 bits per heavy atom. The van der Waals surface area contributed by atoms with Crippen LogP contribution in [0, 0.1) is 13.8 Å². The molecule has 2 aromatic carbocycles. The molecule has 168 valence electrons. The van der Waals surface area contributed by atoms with Crippen LogP contribution in [0.15, 0.2) is 53.3 Å². The standard InChI is InChI=1S/C24H25F3N4O/c1-4-21-17(3)28-23-30(20-7-5-6-19(12-20)24(25,26)27)14-29(15-31(23)22(21)32)13-18-10-8-16(2)9-11-18/h5-12H,4,13-15H2,1-3H3. The average Bonchev–Trinajstić information content (AvgIpc) is 2.75. The number of aryl methyl sites for hydroxylation is 2. The molecule has 0 spiro atoms. The molecule has 0 saturated heterocycles. The summed E-state index contributed by atoms with van der Waals surface area (Å²) in [5.74, 6) is 0.365. The van der Waals surface area contributed by atoms with Crippen molar-refractivity contribution < 1.29 is 13.2 Å². The Morgan fingerprint density at radius 2 is 1.75 bits per heavy atom. The van der Waals surface area contributed by atoms with E-state index in [-0.39, 0.29) is 5.56 Å². The van der Waals surface area contributed by atoms with Crippen molar-refractivity contribution in [1.29, 1.82) is 0 Å². The second kappa shape index (κ2) is 8.43. The normalized spacial score (nSPS) is 14.5. The number of anilines is 2. The maximum Gasteiger partial charge on any atom is 0.416 e. The first kappa shape index (κ1) is 22.1. The second-order valence-corrected chi connectivity index (χ2v) is 8.14. The van der Waals surface area contributed by atoms with Crippen LogP contribution in [-0.2, 0) is 25.8 Å². The summed E-state index contributed by atoms with van der Waals surface area (Å²) in [6.45, 7) is 6.86. The van der Waals surface area contributed by atoms with Crippen molar-refractivity contribution in [1.82, 2.24) is 14.5 Å². The predicted octanol–water partition coefficient (Wildman–Crippen LogP) is 5.01. The van der Waals surface area contributed by atoms with Crippen molar-refractivity contribution in [2.45, 2.75) is 46.6 Å². The molecule has 0 fully saturated rings. The van der Waals surface area contributed by atoms with Crippen molar-refractivity contribution in [3.05, 3.63) is 86.8 Å². The Hall–Kier alpha value is -3.13. The number of fused-ring (bicyclic) bond motifs is 1. The van der Waals surface area contributed by atoms with Crippen molar-refractivity contribution >= 4 is 11.6 Å². The first-order chi connectivity index (χ1) is 15.2. The van der Waals surface area contributed by atoms with E-state index in [1.54, 1.807) is 22.5 Å². The molecule has 0 radical (unpaired) electrons. The molecule has 0 N–H and O–H groups in total. The van der Waals surface area contributed by atoms with Crippen molar-refractivity contribution in [3.8, 4) is 0 Å². The van der Waals surface area contributed by atoms with Crippen LogP contribution in [0.2, 0.25) is 0 Å². The van der Waals surface area contributed by atoms with E-state index in [0.717, 1.165) is 23.3 Å². The van der Waals surface area contributed by atoms with Gasteiger partial charge in [0.15, 0.2) is 0 Å². The molecular weight excluding hydrogens is 417 g/mol. The molecule has 0 aliphatic carbocycles. The van der Waals surface area contributed by atoms with E-state index in [9.17, 15) is 18.0 Å². The molecule has 2 heterocycles. The molecule has 32 heavy (non-hydrogen) atoms. The van der Waals surface area contributed by atoms with Gasteiger partial charge in [-0.05, 0) is 44.0 Å². The van der Waals surface area contributed by atoms with Crippen molar-refractivity contribution in [2.75, 3.05) is 11.6 Å². The van der Waals surface area contributed by atoms with Crippen LogP contribution in [0.3, 0.4) is 0 Å². The summed E-state index contributed by atoms with van der Waals surface area (Å²) in [5.41, 5.74) is 2.89. The van der Waals surface area contributed by atoms with Gasteiger partial charge in [-0.25, -0.2) is 4.98 Å². The number of aromatic nitrogens is 2. The zero-order chi connectivity index (χ0) is 23.0. The van der Waals surface area contributed by atoms with Crippen LogP contribution >= 0.6 is 0 Å². The number of benzene rings is 2. The van der Waals surface area contributed by atoms with Crippen molar-refractivity contribution in [2.24, 2.45) is 0 Å². The van der Waals surface area contributed by atoms with Gasteiger partial charge in [0.2, 0.25) is 5.95 Å². The Bertz CT molecular complexity index is 1190. The highest BCUT2D eigenvalue weighted by molar-refractivity contribution is 5.59. The average molecular weight is 442 g/mol. The van der Waals surface area contributed by atoms with Gasteiger partial charge in [0, 0.05) is 23.5 Å². The maximum atomic E-state index is 13.4. The van der Waals surface area contributed by atoms with Gasteiger partial charge in [-0.15, -0.1) is 0 Å². The van der Waals surface area contributed by atoms with Crippen LogP contribution in [0.1, 0.15) is 34.9 Å². The monoisotopic (exact) mass is 442 g/mol. The predicted molar refractivity (Wildman–Crippen MR) is 118 cm³/mol. The number of rotatable bonds is 4. The van der Waals surface area contributed by atoms with Crippen LogP contribution in [-0.4, -0.2) is 21.1 Å². The molecule has 1 aliphatic heterocycles. The lowest BCUT2D eigenvalue weighted by Crippen LogP contribution is -2.47. The number of halogens is 3. The third-order valence-electron chi connectivity index (χ3n) is 5.74. The number of nitrogens with zero attached hydrogens (tertiary/aromatic N) is 4. The zero-order valence-electron chi connectivity index (χ0n) is 18.3. The SMILES string of the molecule is CCc1c(C)nc2n(c1=O)CN(Cc1ccc(C)cc1)CN2c1cccc(C(F)(F)F)c1. The molecule has 4 rings (SSSR count). The minimum Gasteiger partial charge on any atom is -0.298 e. The van der Waals surface area contributed by atoms with Crippen LogP contribution in [0.4, 0.5) is 24.8 Å². The van der Waals surface area contributed by atoms with Gasteiger partial charge in [0.25, 0.3) is 5.56 Å². The topological polar surface area (TPSA) is 41.4 Å². The minimum atomic E-state index is -4.46. The fourth-order valence-corrected chi connectivity index (χ4v) is 4.03. The third kappa shape index (κ3) is 4.27. The van der Waals surface area contributed by atoms with Crippen LogP contribution in [0.5, 0.6) is 0 Å². The fraction of sp³-hybridized carbons (Fsp3) is 0.333. The molecular formula is C24H25F3N4O.